The Labute approximate surface area is 168 Å². The Morgan fingerprint density at radius 3 is 2.46 bits per heavy atom. The summed E-state index contributed by atoms with van der Waals surface area (Å²) in [6, 6.07) is 16.2. The summed E-state index contributed by atoms with van der Waals surface area (Å²) >= 11 is 0. The smallest absolute Gasteiger partial charge is 0.313 e. The first-order valence-corrected chi connectivity index (χ1v) is 9.71. The number of rotatable bonds is 8. The van der Waals surface area contributed by atoms with Crippen molar-refractivity contribution in [1.29, 1.82) is 0 Å². The maximum Gasteiger partial charge on any atom is 0.313 e. The number of carbonyl (C=O) groups is 1. The summed E-state index contributed by atoms with van der Waals surface area (Å²) in [5.41, 5.74) is 5.28. The fraction of sp³-hybridized carbons (Fsp3) is 0.333. The molecule has 0 N–H and O–H groups in total. The largest absolute Gasteiger partial charge is 0.466 e. The van der Waals surface area contributed by atoms with E-state index in [0.29, 0.717) is 13.0 Å². The molecule has 28 heavy (non-hydrogen) atoms. The van der Waals surface area contributed by atoms with E-state index in [0.717, 1.165) is 22.5 Å². The normalized spacial score (nSPS) is 12.8. The second-order valence-corrected chi connectivity index (χ2v) is 6.83. The lowest BCUT2D eigenvalue weighted by molar-refractivity contribution is -0.144. The number of aryl methyl sites for hydroxylation is 2. The summed E-state index contributed by atoms with van der Waals surface area (Å²) in [5, 5.41) is 6.54. The van der Waals surface area contributed by atoms with Crippen LogP contribution in [-0.4, -0.2) is 18.8 Å². The van der Waals surface area contributed by atoms with Crippen molar-refractivity contribution >= 4 is 17.9 Å². The van der Waals surface area contributed by atoms with Crippen LogP contribution in [0.2, 0.25) is 0 Å². The highest BCUT2D eigenvalue weighted by atomic mass is 16.5. The molecule has 0 bridgehead atoms. The Balaban J connectivity index is 2.26. The third kappa shape index (κ3) is 5.81. The van der Waals surface area contributed by atoms with Crippen LogP contribution in [-0.2, 0) is 9.53 Å². The molecule has 0 fully saturated rings. The Morgan fingerprint density at radius 2 is 1.86 bits per heavy atom. The van der Waals surface area contributed by atoms with Crippen LogP contribution in [0.25, 0.3) is 0 Å². The molecule has 1 unspecified atom stereocenters. The van der Waals surface area contributed by atoms with Gasteiger partial charge in [0.2, 0.25) is 0 Å². The number of anilines is 1. The minimum absolute atomic E-state index is 0.218. The molecule has 0 radical (unpaired) electrons. The van der Waals surface area contributed by atoms with Crippen molar-refractivity contribution < 1.29 is 9.53 Å². The van der Waals surface area contributed by atoms with E-state index in [4.69, 9.17) is 4.74 Å². The van der Waals surface area contributed by atoms with Crippen LogP contribution in [0.5, 0.6) is 0 Å². The Kier molecular flexibility index (Phi) is 8.00. The van der Waals surface area contributed by atoms with Gasteiger partial charge in [-0.3, -0.25) is 4.79 Å². The van der Waals surface area contributed by atoms with Gasteiger partial charge in [-0.25, -0.2) is 5.01 Å². The van der Waals surface area contributed by atoms with Crippen LogP contribution >= 0.6 is 0 Å². The lowest BCUT2D eigenvalue weighted by atomic mass is 9.95. The van der Waals surface area contributed by atoms with E-state index in [9.17, 15) is 4.79 Å². The minimum Gasteiger partial charge on any atom is -0.466 e. The van der Waals surface area contributed by atoms with Gasteiger partial charge in [-0.05, 0) is 52.3 Å². The van der Waals surface area contributed by atoms with Gasteiger partial charge in [-0.15, -0.1) is 0 Å². The molecule has 0 saturated carbocycles. The standard InChI is InChI=1S/C24H30N2O2/c1-6-20(5)26(22-13-11-18(3)12-14-22)25-16-15-23(24(27)28-7-2)21-10-8-9-19(4)17-21/h6,8-14,16-17,23H,7,15H2,1-5H3/b20-6-,25-16+. The van der Waals surface area contributed by atoms with Gasteiger partial charge in [0.1, 0.15) is 0 Å². The number of esters is 1. The Hall–Kier alpha value is -2.88. The van der Waals surface area contributed by atoms with Crippen LogP contribution in [0, 0.1) is 13.8 Å². The first-order chi connectivity index (χ1) is 13.5. The van der Waals surface area contributed by atoms with Crippen molar-refractivity contribution in [3.05, 3.63) is 77.0 Å². The van der Waals surface area contributed by atoms with Crippen molar-refractivity contribution in [1.82, 2.24) is 0 Å². The van der Waals surface area contributed by atoms with Gasteiger partial charge >= 0.3 is 5.97 Å². The van der Waals surface area contributed by atoms with E-state index in [2.05, 4.69) is 24.2 Å². The summed E-state index contributed by atoms with van der Waals surface area (Å²) in [6.07, 6.45) is 4.29. The molecule has 0 spiro atoms. The van der Waals surface area contributed by atoms with Gasteiger partial charge in [-0.1, -0.05) is 53.6 Å². The lowest BCUT2D eigenvalue weighted by Crippen LogP contribution is -2.18. The van der Waals surface area contributed by atoms with Gasteiger partial charge in [0.15, 0.2) is 0 Å². The van der Waals surface area contributed by atoms with E-state index >= 15 is 0 Å². The molecule has 0 aliphatic rings. The summed E-state index contributed by atoms with van der Waals surface area (Å²) < 4.78 is 5.30. The van der Waals surface area contributed by atoms with Crippen LogP contribution < -0.4 is 5.01 Å². The molecule has 0 aliphatic heterocycles. The Bertz CT molecular complexity index is 838. The molecule has 148 valence electrons. The number of hydrazone groups is 1. The molecule has 4 nitrogen and oxygen atoms in total. The van der Waals surface area contributed by atoms with Crippen LogP contribution in [0.1, 0.15) is 49.8 Å². The van der Waals surface area contributed by atoms with Gasteiger partial charge < -0.3 is 4.74 Å². The van der Waals surface area contributed by atoms with Crippen LogP contribution in [0.4, 0.5) is 5.69 Å². The molecule has 0 aromatic heterocycles. The summed E-state index contributed by atoms with van der Waals surface area (Å²) in [4.78, 5) is 12.5. The number of benzene rings is 2. The fourth-order valence-corrected chi connectivity index (χ4v) is 2.90. The number of allylic oxidation sites excluding steroid dienone is 2. The minimum atomic E-state index is -0.366. The molecular weight excluding hydrogens is 348 g/mol. The first kappa shape index (κ1) is 21.4. The van der Waals surface area contributed by atoms with E-state index in [1.807, 2.05) is 75.2 Å². The molecule has 2 rings (SSSR count). The Morgan fingerprint density at radius 1 is 1.14 bits per heavy atom. The van der Waals surface area contributed by atoms with E-state index < -0.39 is 0 Å². The molecule has 0 saturated heterocycles. The predicted molar refractivity (Wildman–Crippen MR) is 117 cm³/mol. The molecule has 4 heteroatoms. The first-order valence-electron chi connectivity index (χ1n) is 9.71. The number of hydrogen-bond donors (Lipinski definition) is 0. The SMILES string of the molecule is C/C=C(/C)N(/N=C/CC(C(=O)OCC)c1cccc(C)c1)c1ccc(C)cc1. The number of nitrogens with zero attached hydrogens (tertiary/aromatic N) is 2. The highest BCUT2D eigenvalue weighted by Gasteiger charge is 2.21. The van der Waals surface area contributed by atoms with E-state index in [-0.39, 0.29) is 11.9 Å². The molecule has 2 aromatic rings. The molecule has 0 aliphatic carbocycles. The second-order valence-electron chi connectivity index (χ2n) is 6.83. The molecule has 1 atom stereocenters. The molecular formula is C24H30N2O2. The van der Waals surface area contributed by atoms with E-state index in [1.54, 1.807) is 6.21 Å². The summed E-state index contributed by atoms with van der Waals surface area (Å²) in [7, 11) is 0. The quantitative estimate of drug-likeness (QED) is 0.333. The average molecular weight is 379 g/mol. The lowest BCUT2D eigenvalue weighted by Gasteiger charge is -2.20. The third-order valence-corrected chi connectivity index (χ3v) is 4.58. The predicted octanol–water partition coefficient (Wildman–Crippen LogP) is 5.76. The fourth-order valence-electron chi connectivity index (χ4n) is 2.90. The number of carbonyl (C=O) groups excluding carboxylic acids is 1. The van der Waals surface area contributed by atoms with Crippen molar-refractivity contribution in [2.45, 2.75) is 47.0 Å². The van der Waals surface area contributed by atoms with Gasteiger partial charge in [0.25, 0.3) is 0 Å². The molecule has 0 heterocycles. The van der Waals surface area contributed by atoms with Crippen molar-refractivity contribution in [2.24, 2.45) is 5.10 Å². The topological polar surface area (TPSA) is 41.9 Å². The molecule has 0 amide bonds. The molecule has 2 aromatic carbocycles. The van der Waals surface area contributed by atoms with Crippen molar-refractivity contribution in [3.8, 4) is 0 Å². The third-order valence-electron chi connectivity index (χ3n) is 4.58. The second kappa shape index (κ2) is 10.5. The maximum absolute atomic E-state index is 12.5. The van der Waals surface area contributed by atoms with E-state index in [1.165, 1.54) is 5.56 Å². The number of ether oxygens (including phenoxy) is 1. The zero-order valence-electron chi connectivity index (χ0n) is 17.5. The summed E-state index contributed by atoms with van der Waals surface area (Å²) in [6.45, 7) is 10.3. The highest BCUT2D eigenvalue weighted by Crippen LogP contribution is 2.23. The average Bonchev–Trinajstić information content (AvgIpc) is 2.68. The highest BCUT2D eigenvalue weighted by molar-refractivity contribution is 5.82. The van der Waals surface area contributed by atoms with Gasteiger partial charge in [0.05, 0.1) is 18.2 Å². The zero-order valence-corrected chi connectivity index (χ0v) is 17.5. The number of hydrogen-bond acceptors (Lipinski definition) is 4. The van der Waals surface area contributed by atoms with Crippen LogP contribution in [0.3, 0.4) is 0 Å². The maximum atomic E-state index is 12.5. The zero-order chi connectivity index (χ0) is 20.5. The monoisotopic (exact) mass is 378 g/mol. The van der Waals surface area contributed by atoms with Gasteiger partial charge in [-0.2, -0.15) is 5.10 Å². The van der Waals surface area contributed by atoms with Crippen molar-refractivity contribution in [3.63, 3.8) is 0 Å². The summed E-state index contributed by atoms with van der Waals surface area (Å²) in [5.74, 6) is -0.585. The van der Waals surface area contributed by atoms with Crippen LogP contribution in [0.15, 0.2) is 65.4 Å². The van der Waals surface area contributed by atoms with Crippen molar-refractivity contribution in [2.75, 3.05) is 11.6 Å². The van der Waals surface area contributed by atoms with Gasteiger partial charge in [0, 0.05) is 18.3 Å².